The van der Waals surface area contributed by atoms with E-state index < -0.39 is 0 Å². The molecule has 1 saturated heterocycles. The monoisotopic (exact) mass is 434 g/mol. The Morgan fingerprint density at radius 2 is 1.62 bits per heavy atom. The van der Waals surface area contributed by atoms with E-state index in [2.05, 4.69) is 11.8 Å². The van der Waals surface area contributed by atoms with Crippen molar-refractivity contribution in [1.29, 1.82) is 0 Å². The van der Waals surface area contributed by atoms with Crippen LogP contribution in [0.15, 0.2) is 42.1 Å². The third-order valence-electron chi connectivity index (χ3n) is 6.44. The summed E-state index contributed by atoms with van der Waals surface area (Å²) in [5.74, 6) is 1.00. The van der Waals surface area contributed by atoms with Crippen LogP contribution < -0.4 is 14.4 Å². The van der Waals surface area contributed by atoms with Crippen molar-refractivity contribution in [3.8, 4) is 11.5 Å². The molecule has 2 heterocycles. The molecule has 168 valence electrons. The van der Waals surface area contributed by atoms with E-state index in [4.69, 9.17) is 9.47 Å². The van der Waals surface area contributed by atoms with E-state index in [1.54, 1.807) is 25.3 Å². The average Bonchev–Trinajstić information content (AvgIpc) is 3.03. The highest BCUT2D eigenvalue weighted by Gasteiger charge is 2.44. The highest BCUT2D eigenvalue weighted by Crippen LogP contribution is 2.41. The number of rotatable bonds is 5. The Kier molecular flexibility index (Phi) is 5.96. The summed E-state index contributed by atoms with van der Waals surface area (Å²) >= 11 is 0. The number of amides is 2. The zero-order valence-electron chi connectivity index (χ0n) is 19.4. The van der Waals surface area contributed by atoms with Gasteiger partial charge in [-0.05, 0) is 55.9 Å². The minimum atomic E-state index is -0.320. The van der Waals surface area contributed by atoms with E-state index in [1.165, 1.54) is 12.0 Å². The quantitative estimate of drug-likeness (QED) is 0.656. The van der Waals surface area contributed by atoms with Gasteiger partial charge in [-0.25, -0.2) is 4.90 Å². The maximum atomic E-state index is 13.8. The van der Waals surface area contributed by atoms with Crippen LogP contribution in [0.25, 0.3) is 5.57 Å². The maximum absolute atomic E-state index is 13.8. The largest absolute Gasteiger partial charge is 0.497 e. The molecule has 0 atom stereocenters. The van der Waals surface area contributed by atoms with Crippen LogP contribution in [-0.4, -0.2) is 44.0 Å². The zero-order valence-corrected chi connectivity index (χ0v) is 19.4. The topological polar surface area (TPSA) is 59.1 Å². The number of methoxy groups -OCH3 is 2. The number of piperidine rings is 1. The molecule has 0 N–H and O–H groups in total. The molecule has 0 aromatic heterocycles. The number of benzene rings is 2. The van der Waals surface area contributed by atoms with Gasteiger partial charge in [0.1, 0.15) is 17.2 Å². The van der Waals surface area contributed by atoms with Crippen LogP contribution in [0.2, 0.25) is 0 Å². The molecule has 2 aromatic carbocycles. The van der Waals surface area contributed by atoms with Crippen molar-refractivity contribution < 1.29 is 19.1 Å². The minimum absolute atomic E-state index is 0.303. The van der Waals surface area contributed by atoms with Crippen molar-refractivity contribution in [2.24, 2.45) is 5.92 Å². The summed E-state index contributed by atoms with van der Waals surface area (Å²) in [5, 5.41) is 0. The lowest BCUT2D eigenvalue weighted by atomic mass is 9.95. The fraction of sp³-hybridized carbons (Fsp3) is 0.385. The normalized spacial score (nSPS) is 17.4. The van der Waals surface area contributed by atoms with Crippen molar-refractivity contribution in [1.82, 2.24) is 4.90 Å². The summed E-state index contributed by atoms with van der Waals surface area (Å²) in [7, 11) is 3.09. The SMILES string of the molecule is COc1ccc(N2C(=O)C(c3ccc(C)cc3C)=C(N3CCC(C)CC3)C2=O)c(OC)c1. The van der Waals surface area contributed by atoms with Gasteiger partial charge in [-0.2, -0.15) is 0 Å². The van der Waals surface area contributed by atoms with Gasteiger partial charge < -0.3 is 14.4 Å². The number of carbonyl (C=O) groups excluding carboxylic acids is 2. The molecule has 1 fully saturated rings. The molecular weight excluding hydrogens is 404 g/mol. The first-order valence-corrected chi connectivity index (χ1v) is 11.0. The van der Waals surface area contributed by atoms with Crippen LogP contribution in [0.1, 0.15) is 36.5 Å². The Morgan fingerprint density at radius 3 is 2.25 bits per heavy atom. The van der Waals surface area contributed by atoms with E-state index >= 15 is 0 Å². The van der Waals surface area contributed by atoms with Crippen molar-refractivity contribution in [3.05, 3.63) is 58.8 Å². The molecular formula is C26H30N2O4. The van der Waals surface area contributed by atoms with Crippen LogP contribution in [0.3, 0.4) is 0 Å². The second-order valence-electron chi connectivity index (χ2n) is 8.70. The van der Waals surface area contributed by atoms with Gasteiger partial charge in [0.25, 0.3) is 11.8 Å². The second-order valence-corrected chi connectivity index (χ2v) is 8.70. The lowest BCUT2D eigenvalue weighted by Gasteiger charge is -2.33. The molecule has 32 heavy (non-hydrogen) atoms. The Labute approximate surface area is 189 Å². The van der Waals surface area contributed by atoms with Crippen molar-refractivity contribution in [2.75, 3.05) is 32.2 Å². The van der Waals surface area contributed by atoms with Gasteiger partial charge in [0.2, 0.25) is 0 Å². The summed E-state index contributed by atoms with van der Waals surface area (Å²) in [5.41, 5.74) is 4.29. The number of ether oxygens (including phenoxy) is 2. The Hall–Kier alpha value is -3.28. The van der Waals surface area contributed by atoms with Gasteiger partial charge in [-0.15, -0.1) is 0 Å². The first-order chi connectivity index (χ1) is 15.3. The first kappa shape index (κ1) is 21.9. The van der Waals surface area contributed by atoms with E-state index in [-0.39, 0.29) is 11.8 Å². The molecule has 4 rings (SSSR count). The van der Waals surface area contributed by atoms with Gasteiger partial charge >= 0.3 is 0 Å². The first-order valence-electron chi connectivity index (χ1n) is 11.0. The van der Waals surface area contributed by atoms with E-state index in [0.29, 0.717) is 34.4 Å². The molecule has 2 amide bonds. The Balaban J connectivity index is 1.85. The molecule has 0 aliphatic carbocycles. The van der Waals surface area contributed by atoms with E-state index in [9.17, 15) is 9.59 Å². The van der Waals surface area contributed by atoms with Gasteiger partial charge in [0.15, 0.2) is 0 Å². The lowest BCUT2D eigenvalue weighted by Crippen LogP contribution is -2.38. The molecule has 2 aliphatic rings. The second kappa shape index (κ2) is 8.69. The predicted octanol–water partition coefficient (Wildman–Crippen LogP) is 4.34. The number of nitrogens with zero attached hydrogens (tertiary/aromatic N) is 2. The highest BCUT2D eigenvalue weighted by atomic mass is 16.5. The van der Waals surface area contributed by atoms with Crippen LogP contribution in [0.4, 0.5) is 5.69 Å². The van der Waals surface area contributed by atoms with Crippen molar-refractivity contribution in [3.63, 3.8) is 0 Å². The smallest absolute Gasteiger partial charge is 0.282 e. The fourth-order valence-corrected chi connectivity index (χ4v) is 4.57. The molecule has 0 saturated carbocycles. The number of aryl methyl sites for hydroxylation is 2. The number of anilines is 1. The van der Waals surface area contributed by atoms with Crippen molar-refractivity contribution >= 4 is 23.1 Å². The third kappa shape index (κ3) is 3.74. The zero-order chi connectivity index (χ0) is 23.0. The predicted molar refractivity (Wildman–Crippen MR) is 125 cm³/mol. The maximum Gasteiger partial charge on any atom is 0.282 e. The van der Waals surface area contributed by atoms with Crippen LogP contribution in [-0.2, 0) is 9.59 Å². The highest BCUT2D eigenvalue weighted by molar-refractivity contribution is 6.45. The molecule has 0 spiro atoms. The average molecular weight is 435 g/mol. The van der Waals surface area contributed by atoms with Gasteiger partial charge in [-0.1, -0.05) is 30.7 Å². The summed E-state index contributed by atoms with van der Waals surface area (Å²) < 4.78 is 10.8. The summed E-state index contributed by atoms with van der Waals surface area (Å²) in [4.78, 5) is 31.0. The number of likely N-dealkylation sites (tertiary alicyclic amines) is 1. The fourth-order valence-electron chi connectivity index (χ4n) is 4.57. The van der Waals surface area contributed by atoms with Gasteiger partial charge in [0.05, 0.1) is 25.5 Å². The van der Waals surface area contributed by atoms with E-state index in [0.717, 1.165) is 42.6 Å². The van der Waals surface area contributed by atoms with Crippen LogP contribution in [0, 0.1) is 19.8 Å². The van der Waals surface area contributed by atoms with E-state index in [1.807, 2.05) is 32.0 Å². The summed E-state index contributed by atoms with van der Waals surface area (Å²) in [6.45, 7) is 7.76. The van der Waals surface area contributed by atoms with Gasteiger partial charge in [0, 0.05) is 19.2 Å². The minimum Gasteiger partial charge on any atom is -0.497 e. The van der Waals surface area contributed by atoms with Crippen molar-refractivity contribution in [2.45, 2.75) is 33.6 Å². The Morgan fingerprint density at radius 1 is 0.906 bits per heavy atom. The van der Waals surface area contributed by atoms with Crippen LogP contribution in [0.5, 0.6) is 11.5 Å². The standard InChI is InChI=1S/C26H30N2O4/c1-16-10-12-27(13-11-16)24-23(20-8-6-17(2)14-18(20)3)25(29)28(26(24)30)21-9-7-19(31-4)15-22(21)32-5/h6-9,14-16H,10-13H2,1-5H3. The Bertz CT molecular complexity index is 1100. The molecule has 6 nitrogen and oxygen atoms in total. The van der Waals surface area contributed by atoms with Gasteiger partial charge in [-0.3, -0.25) is 9.59 Å². The summed E-state index contributed by atoms with van der Waals surface area (Å²) in [6.07, 6.45) is 1.99. The molecule has 2 aromatic rings. The lowest BCUT2D eigenvalue weighted by molar-refractivity contribution is -0.120. The summed E-state index contributed by atoms with van der Waals surface area (Å²) in [6, 6.07) is 11.1. The molecule has 6 heteroatoms. The number of hydrogen-bond acceptors (Lipinski definition) is 5. The molecule has 0 bridgehead atoms. The number of hydrogen-bond donors (Lipinski definition) is 0. The number of carbonyl (C=O) groups is 2. The molecule has 0 unspecified atom stereocenters. The molecule has 2 aliphatic heterocycles. The third-order valence-corrected chi connectivity index (χ3v) is 6.44. The molecule has 0 radical (unpaired) electrons. The van der Waals surface area contributed by atoms with Crippen LogP contribution >= 0.6 is 0 Å². The number of imide groups is 1.